The fraction of sp³-hybridized carbons (Fsp3) is 0.538. The summed E-state index contributed by atoms with van der Waals surface area (Å²) in [5.41, 5.74) is -3.10. The van der Waals surface area contributed by atoms with Crippen LogP contribution in [0.4, 0.5) is 27.6 Å². The number of aromatic nitrogens is 1. The zero-order chi connectivity index (χ0) is 27.1. The van der Waals surface area contributed by atoms with Crippen LogP contribution in [-0.2, 0) is 11.5 Å². The lowest BCUT2D eigenvalue weighted by Gasteiger charge is -2.31. The van der Waals surface area contributed by atoms with E-state index >= 15 is 0 Å². The van der Waals surface area contributed by atoms with Crippen LogP contribution in [0.15, 0.2) is 35.3 Å². The third kappa shape index (κ3) is 5.51. The number of hydrogen-bond donors (Lipinski definition) is 2. The molecule has 2 aromatic rings. The first-order valence-electron chi connectivity index (χ1n) is 12.3. The first-order valence-corrected chi connectivity index (χ1v) is 12.3. The van der Waals surface area contributed by atoms with E-state index in [0.29, 0.717) is 6.92 Å². The Kier molecular flexibility index (Phi) is 7.38. The number of nitrogens with zero attached hydrogens (tertiary/aromatic N) is 2. The molecule has 1 aliphatic carbocycles. The summed E-state index contributed by atoms with van der Waals surface area (Å²) in [5, 5.41) is 5.80. The molecule has 11 heteroatoms. The van der Waals surface area contributed by atoms with Crippen molar-refractivity contribution in [2.24, 2.45) is 0 Å². The molecular weight excluding hydrogens is 495 g/mol. The van der Waals surface area contributed by atoms with Gasteiger partial charge in [0.1, 0.15) is 11.4 Å². The molecule has 1 saturated heterocycles. The molecule has 2 N–H and O–H groups in total. The van der Waals surface area contributed by atoms with Crippen molar-refractivity contribution in [1.29, 1.82) is 0 Å². The van der Waals surface area contributed by atoms with Gasteiger partial charge in [0, 0.05) is 30.8 Å². The fourth-order valence-electron chi connectivity index (χ4n) is 4.82. The van der Waals surface area contributed by atoms with Crippen LogP contribution in [-0.4, -0.2) is 48.0 Å². The van der Waals surface area contributed by atoms with Crippen LogP contribution in [0.25, 0.3) is 0 Å². The molecule has 1 amide bonds. The molecule has 1 unspecified atom stereocenters. The number of likely N-dealkylation sites (tertiary alicyclic amines) is 1. The van der Waals surface area contributed by atoms with Gasteiger partial charge in [0.05, 0.1) is 22.9 Å². The van der Waals surface area contributed by atoms with Gasteiger partial charge in [-0.1, -0.05) is 18.2 Å². The van der Waals surface area contributed by atoms with Gasteiger partial charge in [0.25, 0.3) is 23.8 Å². The Morgan fingerprint density at radius 3 is 2.41 bits per heavy atom. The Labute approximate surface area is 211 Å². The molecule has 0 spiro atoms. The molecule has 1 saturated carbocycles. The summed E-state index contributed by atoms with van der Waals surface area (Å²) in [6.45, 7) is 3.63. The Morgan fingerprint density at radius 1 is 1.19 bits per heavy atom. The zero-order valence-corrected chi connectivity index (χ0v) is 21.0. The molecule has 2 aliphatic rings. The molecular formula is C26H31F5N4O2. The topological polar surface area (TPSA) is 66.4 Å². The van der Waals surface area contributed by atoms with Crippen LogP contribution in [0.2, 0.25) is 0 Å². The van der Waals surface area contributed by atoms with Crippen LogP contribution in [0.5, 0.6) is 0 Å². The van der Waals surface area contributed by atoms with Crippen molar-refractivity contribution in [2.75, 3.05) is 25.5 Å². The largest absolute Gasteiger partial charge is 0.381 e. The molecule has 6 nitrogen and oxygen atoms in total. The number of halogens is 5. The molecule has 0 bridgehead atoms. The number of benzene rings is 1. The maximum Gasteiger partial charge on any atom is 0.273 e. The number of alkyl halides is 4. The summed E-state index contributed by atoms with van der Waals surface area (Å²) in [6, 6.07) is 3.65. The van der Waals surface area contributed by atoms with Crippen LogP contribution in [0, 0.1) is 5.82 Å². The number of piperidine rings is 1. The van der Waals surface area contributed by atoms with Gasteiger partial charge >= 0.3 is 0 Å². The van der Waals surface area contributed by atoms with Crippen molar-refractivity contribution in [1.82, 2.24) is 14.8 Å². The van der Waals surface area contributed by atoms with Crippen molar-refractivity contribution < 1.29 is 26.7 Å². The maximum atomic E-state index is 14.9. The molecule has 1 atom stereocenters. The highest BCUT2D eigenvalue weighted by atomic mass is 19.3. The van der Waals surface area contributed by atoms with Gasteiger partial charge in [-0.3, -0.25) is 9.59 Å². The monoisotopic (exact) mass is 526 g/mol. The molecule has 202 valence electrons. The van der Waals surface area contributed by atoms with Crippen LogP contribution >= 0.6 is 0 Å². The predicted molar refractivity (Wildman–Crippen MR) is 130 cm³/mol. The van der Waals surface area contributed by atoms with E-state index in [0.717, 1.165) is 48.8 Å². The average Bonchev–Trinajstić information content (AvgIpc) is 3.62. The van der Waals surface area contributed by atoms with Gasteiger partial charge in [-0.25, -0.2) is 22.0 Å². The van der Waals surface area contributed by atoms with Crippen molar-refractivity contribution in [2.45, 2.75) is 69.5 Å². The van der Waals surface area contributed by atoms with E-state index in [4.69, 9.17) is 0 Å². The number of amides is 1. The molecule has 0 radical (unpaired) electrons. The Hall–Kier alpha value is -2.95. The van der Waals surface area contributed by atoms with Gasteiger partial charge in [0.2, 0.25) is 0 Å². The van der Waals surface area contributed by atoms with Crippen LogP contribution < -0.4 is 16.2 Å². The van der Waals surface area contributed by atoms with Crippen molar-refractivity contribution in [3.63, 3.8) is 0 Å². The second-order valence-electron chi connectivity index (χ2n) is 10.2. The maximum absolute atomic E-state index is 14.9. The van der Waals surface area contributed by atoms with Crippen LogP contribution in [0.3, 0.4) is 0 Å². The Balaban J connectivity index is 1.67. The normalized spacial score (nSPS) is 19.1. The lowest BCUT2D eigenvalue weighted by atomic mass is 10.0. The first kappa shape index (κ1) is 27.1. The summed E-state index contributed by atoms with van der Waals surface area (Å²) < 4.78 is 71.1. The second kappa shape index (κ2) is 10.1. The molecule has 1 aliphatic heterocycles. The summed E-state index contributed by atoms with van der Waals surface area (Å²) >= 11 is 0. The summed E-state index contributed by atoms with van der Waals surface area (Å²) in [7, 11) is 1.99. The van der Waals surface area contributed by atoms with E-state index in [1.165, 1.54) is 19.1 Å². The van der Waals surface area contributed by atoms with E-state index in [9.17, 15) is 31.5 Å². The highest BCUT2D eigenvalue weighted by Gasteiger charge is 2.53. The van der Waals surface area contributed by atoms with E-state index in [2.05, 4.69) is 15.5 Å². The smallest absolute Gasteiger partial charge is 0.273 e. The number of pyridine rings is 1. The third-order valence-electron chi connectivity index (χ3n) is 7.34. The second-order valence-corrected chi connectivity index (χ2v) is 10.2. The van der Waals surface area contributed by atoms with Crippen LogP contribution in [0.1, 0.15) is 67.1 Å². The molecule has 2 heterocycles. The fourth-order valence-corrected chi connectivity index (χ4v) is 4.82. The zero-order valence-electron chi connectivity index (χ0n) is 21.0. The molecule has 1 aromatic heterocycles. The van der Waals surface area contributed by atoms with E-state index in [1.54, 1.807) is 0 Å². The van der Waals surface area contributed by atoms with E-state index < -0.39 is 46.8 Å². The number of nitrogens with one attached hydrogen (secondary N) is 2. The van der Waals surface area contributed by atoms with Crippen molar-refractivity contribution in [3.05, 3.63) is 63.3 Å². The minimum Gasteiger partial charge on any atom is -0.381 e. The number of anilines is 1. The number of hydrogen-bond acceptors (Lipinski definition) is 4. The van der Waals surface area contributed by atoms with Gasteiger partial charge in [-0.2, -0.15) is 0 Å². The van der Waals surface area contributed by atoms with E-state index in [1.807, 2.05) is 7.05 Å². The van der Waals surface area contributed by atoms with Gasteiger partial charge in [0.15, 0.2) is 0 Å². The number of carbonyl (C=O) groups excluding carboxylic acids is 1. The van der Waals surface area contributed by atoms with E-state index in [-0.39, 0.29) is 35.7 Å². The SMILES string of the molecule is CC(NC(=O)c1cn(C2(C(F)F)CC2)c(=O)cc1NC1CCN(C)CC1)c1cccc(C(C)(F)F)c1F. The lowest BCUT2D eigenvalue weighted by Crippen LogP contribution is -2.40. The average molecular weight is 527 g/mol. The standard InChI is InChI=1S/C26H31F5N4O2/c1-15(17-5-4-6-19(22(17)27)25(2,30)31)32-23(37)18-14-35(26(9-10-26)24(28)29)21(36)13-20(18)33-16-7-11-34(3)12-8-16/h4-6,13-16,24,33H,7-12H2,1-3H3,(H,32,37). The third-order valence-corrected chi connectivity index (χ3v) is 7.34. The highest BCUT2D eigenvalue weighted by Crippen LogP contribution is 2.48. The Bertz CT molecular complexity index is 1210. The van der Waals surface area contributed by atoms with Gasteiger partial charge in [-0.15, -0.1) is 0 Å². The summed E-state index contributed by atoms with van der Waals surface area (Å²) in [4.78, 5) is 28.4. The minimum atomic E-state index is -3.42. The lowest BCUT2D eigenvalue weighted by molar-refractivity contribution is 0.0135. The van der Waals surface area contributed by atoms with Crippen molar-refractivity contribution in [3.8, 4) is 0 Å². The predicted octanol–water partition coefficient (Wildman–Crippen LogP) is 4.85. The Morgan fingerprint density at radius 2 is 1.84 bits per heavy atom. The first-order chi connectivity index (χ1) is 17.3. The minimum absolute atomic E-state index is 0.0404. The quantitative estimate of drug-likeness (QED) is 0.483. The summed E-state index contributed by atoms with van der Waals surface area (Å²) in [5.74, 6) is -5.29. The van der Waals surface area contributed by atoms with Gasteiger partial charge in [-0.05, 0) is 52.7 Å². The highest BCUT2D eigenvalue weighted by molar-refractivity contribution is 5.99. The molecule has 37 heavy (non-hydrogen) atoms. The van der Waals surface area contributed by atoms with Crippen molar-refractivity contribution >= 4 is 11.6 Å². The number of rotatable bonds is 8. The molecule has 1 aromatic carbocycles. The molecule has 4 rings (SSSR count). The number of carbonyl (C=O) groups is 1. The molecule has 2 fully saturated rings. The summed E-state index contributed by atoms with van der Waals surface area (Å²) in [6.07, 6.45) is 0.0522. The van der Waals surface area contributed by atoms with Gasteiger partial charge < -0.3 is 20.1 Å².